The minimum atomic E-state index is -0.590. The summed E-state index contributed by atoms with van der Waals surface area (Å²) >= 11 is 0. The van der Waals surface area contributed by atoms with Crippen molar-refractivity contribution in [2.75, 3.05) is 21.2 Å². The average molecular weight is 327 g/mol. The van der Waals surface area contributed by atoms with Crippen LogP contribution in [0.25, 0.3) is 0 Å². The number of rotatable bonds is 3. The number of benzene rings is 1. The van der Waals surface area contributed by atoms with Crippen molar-refractivity contribution in [3.8, 4) is 5.75 Å². The Hall–Kier alpha value is -2.96. The number of carbonyl (C=O) groups excluding carboxylic acids is 2. The van der Waals surface area contributed by atoms with Gasteiger partial charge in [0.15, 0.2) is 5.92 Å². The van der Waals surface area contributed by atoms with E-state index in [1.807, 2.05) is 24.3 Å². The summed E-state index contributed by atoms with van der Waals surface area (Å²) in [6, 6.07) is 7.26. The van der Waals surface area contributed by atoms with Gasteiger partial charge in [0.2, 0.25) is 0 Å². The van der Waals surface area contributed by atoms with Gasteiger partial charge in [0.1, 0.15) is 5.75 Å². The van der Waals surface area contributed by atoms with Gasteiger partial charge in [0.25, 0.3) is 11.7 Å². The Labute approximate surface area is 139 Å². The summed E-state index contributed by atoms with van der Waals surface area (Å²) in [6.45, 7) is 0.426. The van der Waals surface area contributed by atoms with E-state index in [9.17, 15) is 9.59 Å². The van der Waals surface area contributed by atoms with E-state index in [-0.39, 0.29) is 11.9 Å². The predicted octanol–water partition coefficient (Wildman–Crippen LogP) is -0.217. The lowest BCUT2D eigenvalue weighted by Gasteiger charge is -2.31. The topological polar surface area (TPSA) is 76.2 Å². The molecule has 1 aromatic rings. The predicted molar refractivity (Wildman–Crippen MR) is 88.7 cm³/mol. The molecule has 0 aromatic heterocycles. The fraction of sp³-hybridized carbons (Fsp3) is 0.294. The van der Waals surface area contributed by atoms with Crippen molar-refractivity contribution in [1.82, 2.24) is 9.80 Å². The van der Waals surface area contributed by atoms with Gasteiger partial charge in [-0.25, -0.2) is 14.7 Å². The van der Waals surface area contributed by atoms with Gasteiger partial charge in [-0.15, -0.1) is 0 Å². The fourth-order valence-corrected chi connectivity index (χ4v) is 2.78. The van der Waals surface area contributed by atoms with Crippen LogP contribution in [0.4, 0.5) is 4.79 Å². The largest absolute Gasteiger partial charge is 0.497 e. The lowest BCUT2D eigenvalue weighted by molar-refractivity contribution is -0.382. The Morgan fingerprint density at radius 1 is 1.25 bits per heavy atom. The summed E-state index contributed by atoms with van der Waals surface area (Å²) in [7, 11) is 4.74. The second-order valence-electron chi connectivity index (χ2n) is 5.63. The van der Waals surface area contributed by atoms with Gasteiger partial charge in [-0.2, -0.15) is 4.90 Å². The maximum Gasteiger partial charge on any atom is 0.417 e. The molecule has 2 aliphatic rings. The summed E-state index contributed by atoms with van der Waals surface area (Å²) in [5, 5.41) is 0. The van der Waals surface area contributed by atoms with Crippen LogP contribution in [0.1, 0.15) is 5.56 Å². The smallest absolute Gasteiger partial charge is 0.417 e. The number of amides is 3. The number of nitrogens with zero attached hydrogens (tertiary/aromatic N) is 3. The Morgan fingerprint density at radius 3 is 2.79 bits per heavy atom. The molecular weight excluding hydrogens is 308 g/mol. The molecule has 0 bridgehead atoms. The number of carbonyl (C=O) groups is 2. The molecule has 1 N–H and O–H groups in total. The highest BCUT2D eigenvalue weighted by atomic mass is 16.5. The Kier molecular flexibility index (Phi) is 4.16. The van der Waals surface area contributed by atoms with Crippen LogP contribution in [0.15, 0.2) is 41.5 Å². The van der Waals surface area contributed by atoms with Gasteiger partial charge in [-0.1, -0.05) is 12.1 Å². The summed E-state index contributed by atoms with van der Waals surface area (Å²) < 4.78 is 5.21. The van der Waals surface area contributed by atoms with E-state index in [0.29, 0.717) is 18.1 Å². The number of hydrogen-bond acceptors (Lipinski definition) is 4. The maximum absolute atomic E-state index is 12.5. The van der Waals surface area contributed by atoms with Gasteiger partial charge in [-0.3, -0.25) is 9.79 Å². The molecule has 1 saturated heterocycles. The van der Waals surface area contributed by atoms with Crippen molar-refractivity contribution < 1.29 is 19.3 Å². The second-order valence-corrected chi connectivity index (χ2v) is 5.63. The molecule has 0 aliphatic carbocycles. The number of hydrogen-bond donors (Lipinski definition) is 1. The summed E-state index contributed by atoms with van der Waals surface area (Å²) in [5.74, 6) is 0.428. The number of urea groups is 1. The zero-order valence-electron chi connectivity index (χ0n) is 13.8. The van der Waals surface area contributed by atoms with Gasteiger partial charge in [0, 0.05) is 7.05 Å². The third-order valence-electron chi connectivity index (χ3n) is 4.15. The molecule has 3 amide bonds. The molecule has 1 fully saturated rings. The van der Waals surface area contributed by atoms with Crippen molar-refractivity contribution >= 4 is 23.5 Å². The molecule has 0 saturated carbocycles. The van der Waals surface area contributed by atoms with E-state index in [4.69, 9.17) is 4.74 Å². The molecule has 0 spiro atoms. The lowest BCUT2D eigenvalue weighted by atomic mass is 9.95. The summed E-state index contributed by atoms with van der Waals surface area (Å²) in [4.78, 5) is 34.7. The van der Waals surface area contributed by atoms with Crippen molar-refractivity contribution in [2.24, 2.45) is 10.9 Å². The molecular formula is C17H19N4O3+. The lowest BCUT2D eigenvalue weighted by Crippen LogP contribution is -2.79. The molecule has 24 heavy (non-hydrogen) atoms. The monoisotopic (exact) mass is 327 g/mol. The standard InChI is InChI=1S/C17H18N4O3/c1-20-15-14(16(22)21(2)17(20)23)13(7-8-18-15)19-10-11-5-4-6-12(9-11)24-3/h4-9,14H,10H2,1-3H3/p+1. The van der Waals surface area contributed by atoms with Crippen LogP contribution in [-0.2, 0) is 11.3 Å². The quantitative estimate of drug-likeness (QED) is 0.834. The first-order chi connectivity index (χ1) is 11.5. The van der Waals surface area contributed by atoms with Crippen LogP contribution in [-0.4, -0.2) is 54.5 Å². The number of imide groups is 1. The molecule has 124 valence electrons. The highest BCUT2D eigenvalue weighted by molar-refractivity contribution is 6.30. The highest BCUT2D eigenvalue weighted by Gasteiger charge is 2.49. The van der Waals surface area contributed by atoms with Gasteiger partial charge in [-0.05, 0) is 23.8 Å². The molecule has 3 rings (SSSR count). The van der Waals surface area contributed by atoms with Crippen LogP contribution >= 0.6 is 0 Å². The summed E-state index contributed by atoms with van der Waals surface area (Å²) in [6.07, 6.45) is 3.46. The Balaban J connectivity index is 1.88. The van der Waals surface area contributed by atoms with Crippen molar-refractivity contribution in [3.63, 3.8) is 0 Å². The minimum Gasteiger partial charge on any atom is -0.497 e. The molecule has 2 aliphatic heterocycles. The zero-order valence-corrected chi connectivity index (χ0v) is 13.8. The van der Waals surface area contributed by atoms with Crippen LogP contribution < -0.4 is 9.73 Å². The van der Waals surface area contributed by atoms with E-state index < -0.39 is 5.92 Å². The SMILES string of the molecule is COc1cccc(CN=C2C=C[NH+]=C3C2C(=O)N(C)C(=O)N3C)c1. The fourth-order valence-electron chi connectivity index (χ4n) is 2.78. The average Bonchev–Trinajstić information content (AvgIpc) is 2.62. The summed E-state index contributed by atoms with van der Waals surface area (Å²) in [5.41, 5.74) is 1.61. The van der Waals surface area contributed by atoms with E-state index in [2.05, 4.69) is 9.98 Å². The third-order valence-corrected chi connectivity index (χ3v) is 4.15. The van der Waals surface area contributed by atoms with Gasteiger partial charge >= 0.3 is 6.03 Å². The first kappa shape index (κ1) is 15.9. The first-order valence-electron chi connectivity index (χ1n) is 7.55. The van der Waals surface area contributed by atoms with Crippen molar-refractivity contribution in [3.05, 3.63) is 42.1 Å². The van der Waals surface area contributed by atoms with Crippen molar-refractivity contribution in [1.29, 1.82) is 0 Å². The van der Waals surface area contributed by atoms with Gasteiger partial charge in [0.05, 0.1) is 32.6 Å². The number of methoxy groups -OCH3 is 1. The third kappa shape index (κ3) is 2.68. The van der Waals surface area contributed by atoms with Gasteiger partial charge < -0.3 is 4.74 Å². The molecule has 1 unspecified atom stereocenters. The molecule has 1 aromatic carbocycles. The molecule has 0 radical (unpaired) electrons. The van der Waals surface area contributed by atoms with Crippen LogP contribution in [0.3, 0.4) is 0 Å². The Bertz CT molecular complexity index is 782. The zero-order chi connectivity index (χ0) is 17.3. The molecule has 7 heteroatoms. The molecule has 2 heterocycles. The molecule has 1 atom stereocenters. The number of allylic oxidation sites excluding steroid dienone is 1. The number of amidine groups is 1. The van der Waals surface area contributed by atoms with Crippen molar-refractivity contribution in [2.45, 2.75) is 6.54 Å². The second kappa shape index (κ2) is 6.27. The first-order valence-corrected chi connectivity index (χ1v) is 7.55. The van der Waals surface area contributed by atoms with E-state index in [1.54, 1.807) is 26.4 Å². The van der Waals surface area contributed by atoms with E-state index >= 15 is 0 Å². The Morgan fingerprint density at radius 2 is 2.04 bits per heavy atom. The van der Waals surface area contributed by atoms with E-state index in [0.717, 1.165) is 16.2 Å². The highest BCUT2D eigenvalue weighted by Crippen LogP contribution is 2.19. The number of ether oxygens (including phenoxy) is 1. The van der Waals surface area contributed by atoms with E-state index in [1.165, 1.54) is 11.9 Å². The van der Waals surface area contributed by atoms with Crippen LogP contribution in [0.2, 0.25) is 0 Å². The maximum atomic E-state index is 12.5. The number of fused-ring (bicyclic) bond motifs is 1. The number of aliphatic imine (C=N–C) groups is 1. The normalized spacial score (nSPS) is 21.9. The van der Waals surface area contributed by atoms with Crippen LogP contribution in [0, 0.1) is 5.92 Å². The molecule has 7 nitrogen and oxygen atoms in total. The van der Waals surface area contributed by atoms with Crippen LogP contribution in [0.5, 0.6) is 5.75 Å². The number of nitrogens with one attached hydrogen (secondary N) is 1. The minimum absolute atomic E-state index is 0.283.